The van der Waals surface area contributed by atoms with Crippen molar-refractivity contribution >= 4 is 16.9 Å². The molecule has 0 aliphatic carbocycles. The van der Waals surface area contributed by atoms with Gasteiger partial charge in [-0.05, 0) is 0 Å². The van der Waals surface area contributed by atoms with E-state index in [-0.39, 0.29) is 8.80 Å². The lowest BCUT2D eigenvalue weighted by Crippen LogP contribution is -2.19. The highest BCUT2D eigenvalue weighted by atomic mass is 28.3. The third-order valence-electron chi connectivity index (χ3n) is 1.71. The molecule has 10 heavy (non-hydrogen) atoms. The van der Waals surface area contributed by atoms with Crippen LogP contribution in [0.3, 0.4) is 0 Å². The molecule has 0 aliphatic heterocycles. The van der Waals surface area contributed by atoms with Crippen LogP contribution in [0.4, 0.5) is 0 Å². The Balaban J connectivity index is 3.21. The molecule has 0 heterocycles. The van der Waals surface area contributed by atoms with E-state index in [2.05, 4.69) is 32.7 Å². The van der Waals surface area contributed by atoms with Crippen molar-refractivity contribution in [1.29, 1.82) is 0 Å². The zero-order valence-corrected chi connectivity index (χ0v) is 10.4. The van der Waals surface area contributed by atoms with Crippen LogP contribution in [0.1, 0.15) is 6.42 Å². The fourth-order valence-electron chi connectivity index (χ4n) is 1.04. The molecule has 2 heteroatoms. The Bertz CT molecular complexity index is 81.7. The van der Waals surface area contributed by atoms with E-state index >= 15 is 0 Å². The topological polar surface area (TPSA) is 0 Å². The van der Waals surface area contributed by atoms with Gasteiger partial charge in [-0.2, -0.15) is 0 Å². The Morgan fingerprint density at radius 3 is 1.90 bits per heavy atom. The fourth-order valence-corrected chi connectivity index (χ4v) is 3.73. The zero-order chi connectivity index (χ0) is 8.20. The molecule has 0 aliphatic rings. The average molecular weight is 174 g/mol. The first-order chi connectivity index (χ1) is 4.42. The van der Waals surface area contributed by atoms with Gasteiger partial charge >= 0.3 is 0 Å². The van der Waals surface area contributed by atoms with E-state index in [1.807, 2.05) is 0 Å². The van der Waals surface area contributed by atoms with Crippen LogP contribution in [-0.4, -0.2) is 16.9 Å². The van der Waals surface area contributed by atoms with Crippen molar-refractivity contribution in [1.82, 2.24) is 0 Å². The van der Waals surface area contributed by atoms with Crippen LogP contribution < -0.4 is 0 Å². The maximum atomic E-state index is 2.47. The maximum Gasteiger partial charge on any atom is 0.0442 e. The van der Waals surface area contributed by atoms with Crippen LogP contribution >= 0.6 is 0 Å². The molecule has 0 spiro atoms. The minimum Gasteiger partial charge on any atom is -0.0722 e. The monoisotopic (exact) mass is 174 g/mol. The molecule has 0 fully saturated rings. The van der Waals surface area contributed by atoms with Crippen LogP contribution in [0.25, 0.3) is 0 Å². The summed E-state index contributed by atoms with van der Waals surface area (Å²) in [5.41, 5.74) is 0. The second-order valence-corrected chi connectivity index (χ2v) is 13.8. The molecular weight excluding hydrogens is 152 g/mol. The van der Waals surface area contributed by atoms with Crippen LogP contribution in [0, 0.1) is 0 Å². The Labute approximate surface area is 68.7 Å². The molecule has 0 aromatic heterocycles. The smallest absolute Gasteiger partial charge is 0.0442 e. The Kier molecular flexibility index (Phi) is 4.53. The predicted molar refractivity (Wildman–Crippen MR) is 56.5 cm³/mol. The second kappa shape index (κ2) is 4.34. The second-order valence-electron chi connectivity index (χ2n) is 4.85. The standard InChI is InChI=1S/C8H22Si2/c1-9(2)7-6-8-10(3,4)5/h9H,6-8H2,1-5H3. The third kappa shape index (κ3) is 8.43. The van der Waals surface area contributed by atoms with Crippen LogP contribution in [-0.2, 0) is 0 Å². The van der Waals surface area contributed by atoms with E-state index in [0.717, 1.165) is 0 Å². The van der Waals surface area contributed by atoms with E-state index in [9.17, 15) is 0 Å². The molecule has 0 aromatic carbocycles. The lowest BCUT2D eigenvalue weighted by Gasteiger charge is -2.15. The number of rotatable bonds is 4. The normalized spacial score (nSPS) is 12.6. The van der Waals surface area contributed by atoms with Gasteiger partial charge in [0.25, 0.3) is 0 Å². The SMILES string of the molecule is C[SiH](C)CCC[Si](C)(C)C. The quantitative estimate of drug-likeness (QED) is 0.574. The third-order valence-corrected chi connectivity index (χ3v) is 5.12. The highest BCUT2D eigenvalue weighted by molar-refractivity contribution is 6.76. The first kappa shape index (κ1) is 10.4. The van der Waals surface area contributed by atoms with Gasteiger partial charge in [0, 0.05) is 16.9 Å². The summed E-state index contributed by atoms with van der Waals surface area (Å²) in [5, 5.41) is 0. The van der Waals surface area contributed by atoms with E-state index < -0.39 is 8.07 Å². The molecule has 0 saturated carbocycles. The molecule has 62 valence electrons. The maximum absolute atomic E-state index is 2.47. The summed E-state index contributed by atoms with van der Waals surface area (Å²) in [6.45, 7) is 12.3. The van der Waals surface area contributed by atoms with E-state index in [4.69, 9.17) is 0 Å². The average Bonchev–Trinajstić information content (AvgIpc) is 1.59. The minimum atomic E-state index is -0.702. The van der Waals surface area contributed by atoms with E-state index in [0.29, 0.717) is 0 Å². The highest BCUT2D eigenvalue weighted by Gasteiger charge is 2.11. The Hall–Kier alpha value is 0.434. The lowest BCUT2D eigenvalue weighted by molar-refractivity contribution is 1.03. The molecule has 0 amide bonds. The molecule has 0 atom stereocenters. The van der Waals surface area contributed by atoms with Crippen molar-refractivity contribution in [2.45, 2.75) is 51.2 Å². The Morgan fingerprint density at radius 2 is 1.60 bits per heavy atom. The van der Waals surface area contributed by atoms with Gasteiger partial charge < -0.3 is 0 Å². The Morgan fingerprint density at radius 1 is 1.10 bits per heavy atom. The number of hydrogen-bond acceptors (Lipinski definition) is 0. The van der Waals surface area contributed by atoms with Gasteiger partial charge in [-0.3, -0.25) is 0 Å². The molecule has 0 saturated heterocycles. The van der Waals surface area contributed by atoms with Gasteiger partial charge in [0.1, 0.15) is 0 Å². The van der Waals surface area contributed by atoms with Crippen molar-refractivity contribution in [3.8, 4) is 0 Å². The summed E-state index contributed by atoms with van der Waals surface area (Å²) >= 11 is 0. The summed E-state index contributed by atoms with van der Waals surface area (Å²) < 4.78 is 0. The van der Waals surface area contributed by atoms with Gasteiger partial charge in [-0.1, -0.05) is 51.2 Å². The zero-order valence-electron chi connectivity index (χ0n) is 8.20. The first-order valence-electron chi connectivity index (χ1n) is 4.42. The largest absolute Gasteiger partial charge is 0.0722 e. The molecule has 0 rings (SSSR count). The highest BCUT2D eigenvalue weighted by Crippen LogP contribution is 2.13. The van der Waals surface area contributed by atoms with Gasteiger partial charge in [0.15, 0.2) is 0 Å². The van der Waals surface area contributed by atoms with Crippen LogP contribution in [0.5, 0.6) is 0 Å². The van der Waals surface area contributed by atoms with Gasteiger partial charge in [0.05, 0.1) is 0 Å². The molecule has 0 radical (unpaired) electrons. The lowest BCUT2D eigenvalue weighted by atomic mass is 10.6. The summed E-state index contributed by atoms with van der Waals surface area (Å²) in [6, 6.07) is 3.10. The summed E-state index contributed by atoms with van der Waals surface area (Å²) in [4.78, 5) is 0. The fraction of sp³-hybridized carbons (Fsp3) is 1.00. The van der Waals surface area contributed by atoms with Gasteiger partial charge in [-0.25, -0.2) is 0 Å². The molecular formula is C8H22Si2. The molecule has 0 bridgehead atoms. The molecule has 0 N–H and O–H groups in total. The van der Waals surface area contributed by atoms with E-state index in [1.165, 1.54) is 12.5 Å². The van der Waals surface area contributed by atoms with Crippen molar-refractivity contribution in [3.63, 3.8) is 0 Å². The summed E-state index contributed by atoms with van der Waals surface area (Å²) in [5.74, 6) is 0. The van der Waals surface area contributed by atoms with Gasteiger partial charge in [0.2, 0.25) is 0 Å². The predicted octanol–water partition coefficient (Wildman–Crippen LogP) is 3.20. The van der Waals surface area contributed by atoms with Gasteiger partial charge in [-0.15, -0.1) is 0 Å². The number of hydrogen-bond donors (Lipinski definition) is 0. The van der Waals surface area contributed by atoms with Crippen molar-refractivity contribution in [2.24, 2.45) is 0 Å². The van der Waals surface area contributed by atoms with E-state index in [1.54, 1.807) is 6.04 Å². The summed E-state index contributed by atoms with van der Waals surface area (Å²) in [7, 11) is -0.940. The molecule has 0 unspecified atom stereocenters. The molecule has 0 aromatic rings. The molecule has 0 nitrogen and oxygen atoms in total. The minimum absolute atomic E-state index is 0.238. The first-order valence-corrected chi connectivity index (χ1v) is 11.2. The van der Waals surface area contributed by atoms with Crippen molar-refractivity contribution < 1.29 is 0 Å². The van der Waals surface area contributed by atoms with Crippen LogP contribution in [0.15, 0.2) is 0 Å². The van der Waals surface area contributed by atoms with Crippen LogP contribution in [0.2, 0.25) is 44.8 Å². The van der Waals surface area contributed by atoms with Crippen molar-refractivity contribution in [2.75, 3.05) is 0 Å². The van der Waals surface area contributed by atoms with Crippen molar-refractivity contribution in [3.05, 3.63) is 0 Å². The summed E-state index contributed by atoms with van der Waals surface area (Å²) in [6.07, 6.45) is 1.51.